The van der Waals surface area contributed by atoms with Gasteiger partial charge < -0.3 is 9.47 Å². The van der Waals surface area contributed by atoms with Crippen LogP contribution in [-0.2, 0) is 23.9 Å². The zero-order chi connectivity index (χ0) is 15.8. The predicted molar refractivity (Wildman–Crippen MR) is 77.5 cm³/mol. The highest BCUT2D eigenvalue weighted by Gasteiger charge is 2.41. The highest BCUT2D eigenvalue weighted by atomic mass is 16.6. The molecule has 0 aromatic heterocycles. The van der Waals surface area contributed by atoms with Gasteiger partial charge in [0.2, 0.25) is 0 Å². The van der Waals surface area contributed by atoms with E-state index >= 15 is 0 Å². The Morgan fingerprint density at radius 1 is 1.10 bits per heavy atom. The van der Waals surface area contributed by atoms with Gasteiger partial charge in [0.1, 0.15) is 5.78 Å². The van der Waals surface area contributed by atoms with E-state index in [-0.39, 0.29) is 37.3 Å². The topological polar surface area (TPSA) is 69.7 Å². The van der Waals surface area contributed by atoms with Crippen LogP contribution in [0.15, 0.2) is 0 Å². The zero-order valence-corrected chi connectivity index (χ0v) is 13.2. The molecule has 0 aromatic rings. The van der Waals surface area contributed by atoms with Gasteiger partial charge >= 0.3 is 11.9 Å². The second kappa shape index (κ2) is 8.80. The first-order valence-corrected chi connectivity index (χ1v) is 7.91. The second-order valence-electron chi connectivity index (χ2n) is 5.48. The first-order valence-electron chi connectivity index (χ1n) is 7.91. The minimum Gasteiger partial charge on any atom is -0.465 e. The van der Waals surface area contributed by atoms with Crippen molar-refractivity contribution in [2.24, 2.45) is 17.8 Å². The van der Waals surface area contributed by atoms with Gasteiger partial charge in [0.25, 0.3) is 0 Å². The molecule has 2 unspecified atom stereocenters. The minimum atomic E-state index is -0.962. The van der Waals surface area contributed by atoms with Crippen LogP contribution in [0.4, 0.5) is 0 Å². The van der Waals surface area contributed by atoms with Crippen molar-refractivity contribution in [3.05, 3.63) is 0 Å². The molecule has 1 fully saturated rings. The van der Waals surface area contributed by atoms with Crippen LogP contribution >= 0.6 is 0 Å². The first kappa shape index (κ1) is 17.7. The van der Waals surface area contributed by atoms with Crippen molar-refractivity contribution in [3.63, 3.8) is 0 Å². The molecule has 5 nitrogen and oxygen atoms in total. The molecule has 2 atom stereocenters. The lowest BCUT2D eigenvalue weighted by Gasteiger charge is -2.30. The van der Waals surface area contributed by atoms with Gasteiger partial charge in [0, 0.05) is 12.3 Å². The summed E-state index contributed by atoms with van der Waals surface area (Å²) >= 11 is 0. The third kappa shape index (κ3) is 4.83. The molecule has 1 rings (SSSR count). The molecule has 0 bridgehead atoms. The van der Waals surface area contributed by atoms with Crippen molar-refractivity contribution in [1.29, 1.82) is 0 Å². The normalized spacial score (nSPS) is 22.2. The molecule has 0 saturated heterocycles. The third-order valence-electron chi connectivity index (χ3n) is 3.99. The van der Waals surface area contributed by atoms with Crippen LogP contribution in [0.3, 0.4) is 0 Å². The van der Waals surface area contributed by atoms with E-state index in [2.05, 4.69) is 6.92 Å². The monoisotopic (exact) mass is 298 g/mol. The van der Waals surface area contributed by atoms with E-state index in [1.165, 1.54) is 0 Å². The van der Waals surface area contributed by atoms with Gasteiger partial charge in [-0.05, 0) is 39.0 Å². The van der Waals surface area contributed by atoms with Crippen molar-refractivity contribution in [2.45, 2.75) is 52.9 Å². The summed E-state index contributed by atoms with van der Waals surface area (Å²) in [6.45, 7) is 5.88. The fraction of sp³-hybridized carbons (Fsp3) is 0.812. The van der Waals surface area contributed by atoms with E-state index in [0.717, 1.165) is 19.3 Å². The summed E-state index contributed by atoms with van der Waals surface area (Å²) in [6, 6.07) is 0. The van der Waals surface area contributed by atoms with Crippen LogP contribution in [0.1, 0.15) is 52.9 Å². The molecule has 0 radical (unpaired) electrons. The molecule has 0 aliphatic heterocycles. The molecule has 0 aromatic carbocycles. The van der Waals surface area contributed by atoms with Crippen LogP contribution in [0, 0.1) is 17.8 Å². The quantitative estimate of drug-likeness (QED) is 0.533. The molecule has 1 aliphatic carbocycles. The number of carbonyl (C=O) groups is 3. The van der Waals surface area contributed by atoms with Gasteiger partial charge in [0.15, 0.2) is 5.92 Å². The summed E-state index contributed by atoms with van der Waals surface area (Å²) < 4.78 is 9.97. The summed E-state index contributed by atoms with van der Waals surface area (Å²) in [6.07, 6.45) is 3.56. The number of hydrogen-bond donors (Lipinski definition) is 0. The smallest absolute Gasteiger partial charge is 0.320 e. The van der Waals surface area contributed by atoms with Crippen LogP contribution in [-0.4, -0.2) is 30.9 Å². The van der Waals surface area contributed by atoms with Gasteiger partial charge in [-0.15, -0.1) is 0 Å². The van der Waals surface area contributed by atoms with Crippen molar-refractivity contribution >= 4 is 17.7 Å². The van der Waals surface area contributed by atoms with Gasteiger partial charge in [-0.25, -0.2) is 0 Å². The van der Waals surface area contributed by atoms with E-state index in [4.69, 9.17) is 9.47 Å². The fourth-order valence-electron chi connectivity index (χ4n) is 2.99. The van der Waals surface area contributed by atoms with E-state index in [0.29, 0.717) is 6.42 Å². The van der Waals surface area contributed by atoms with Crippen LogP contribution < -0.4 is 0 Å². The number of rotatable bonds is 7. The predicted octanol–water partition coefficient (Wildman–Crippen LogP) is 2.51. The molecular formula is C16H26O5. The van der Waals surface area contributed by atoms with Crippen molar-refractivity contribution in [3.8, 4) is 0 Å². The molecule has 0 heterocycles. The second-order valence-corrected chi connectivity index (χ2v) is 5.48. The van der Waals surface area contributed by atoms with Crippen molar-refractivity contribution in [2.75, 3.05) is 13.2 Å². The number of esters is 2. The van der Waals surface area contributed by atoms with E-state index in [9.17, 15) is 14.4 Å². The molecule has 5 heteroatoms. The van der Waals surface area contributed by atoms with E-state index in [1.54, 1.807) is 13.8 Å². The minimum absolute atomic E-state index is 0.0799. The average Bonchev–Trinajstić information content (AvgIpc) is 2.43. The molecule has 120 valence electrons. The number of ketones is 1. The lowest BCUT2D eigenvalue weighted by atomic mass is 9.74. The Labute approximate surface area is 126 Å². The Morgan fingerprint density at radius 3 is 2.10 bits per heavy atom. The lowest BCUT2D eigenvalue weighted by molar-refractivity contribution is -0.165. The Kier molecular flexibility index (Phi) is 7.40. The van der Waals surface area contributed by atoms with Crippen LogP contribution in [0.25, 0.3) is 0 Å². The highest BCUT2D eigenvalue weighted by molar-refractivity contribution is 5.96. The number of carbonyl (C=O) groups excluding carboxylic acids is 3. The maximum absolute atomic E-state index is 12.2. The first-order chi connectivity index (χ1) is 10.0. The molecule has 0 N–H and O–H groups in total. The summed E-state index contributed by atoms with van der Waals surface area (Å²) in [5.74, 6) is -2.14. The van der Waals surface area contributed by atoms with Gasteiger partial charge in [-0.3, -0.25) is 14.4 Å². The fourth-order valence-corrected chi connectivity index (χ4v) is 2.99. The van der Waals surface area contributed by atoms with E-state index < -0.39 is 17.9 Å². The summed E-state index contributed by atoms with van der Waals surface area (Å²) in [7, 11) is 0. The van der Waals surface area contributed by atoms with Crippen LogP contribution in [0.2, 0.25) is 0 Å². The molecular weight excluding hydrogens is 272 g/mol. The Hall–Kier alpha value is -1.39. The highest BCUT2D eigenvalue weighted by Crippen LogP contribution is 2.34. The maximum atomic E-state index is 12.2. The van der Waals surface area contributed by atoms with Gasteiger partial charge in [0.05, 0.1) is 13.2 Å². The summed E-state index contributed by atoms with van der Waals surface area (Å²) in [5.41, 5.74) is 0. The SMILES string of the molecule is CCCC1CCC(C(C(=O)OCC)C(=O)OCC)CC1=O. The van der Waals surface area contributed by atoms with Gasteiger partial charge in [-0.2, -0.15) is 0 Å². The molecule has 21 heavy (non-hydrogen) atoms. The summed E-state index contributed by atoms with van der Waals surface area (Å²) in [5, 5.41) is 0. The zero-order valence-electron chi connectivity index (χ0n) is 13.2. The molecule has 1 aliphatic rings. The molecule has 1 saturated carbocycles. The molecule has 0 amide bonds. The Morgan fingerprint density at radius 2 is 1.67 bits per heavy atom. The Bertz CT molecular complexity index is 359. The number of ether oxygens (including phenoxy) is 2. The standard InChI is InChI=1S/C16H26O5/c1-4-7-11-8-9-12(10-13(11)17)14(15(18)20-5-2)16(19)21-6-3/h11-12,14H,4-10H2,1-3H3. The number of hydrogen-bond acceptors (Lipinski definition) is 5. The van der Waals surface area contributed by atoms with Crippen LogP contribution in [0.5, 0.6) is 0 Å². The van der Waals surface area contributed by atoms with Gasteiger partial charge in [-0.1, -0.05) is 13.3 Å². The summed E-state index contributed by atoms with van der Waals surface area (Å²) in [4.78, 5) is 36.2. The van der Waals surface area contributed by atoms with E-state index in [1.807, 2.05) is 0 Å². The van der Waals surface area contributed by atoms with Crippen molar-refractivity contribution in [1.82, 2.24) is 0 Å². The van der Waals surface area contributed by atoms with Crippen molar-refractivity contribution < 1.29 is 23.9 Å². The third-order valence-corrected chi connectivity index (χ3v) is 3.99. The Balaban J connectivity index is 2.78. The number of Topliss-reactive ketones (excluding diaryl/α,β-unsaturated/α-hetero) is 1. The lowest BCUT2D eigenvalue weighted by Crippen LogP contribution is -2.39. The maximum Gasteiger partial charge on any atom is 0.320 e. The average molecular weight is 298 g/mol. The largest absolute Gasteiger partial charge is 0.465 e. The molecule has 0 spiro atoms.